The van der Waals surface area contributed by atoms with Crippen molar-refractivity contribution >= 4 is 5.91 Å². The lowest BCUT2D eigenvalue weighted by Crippen LogP contribution is -2.30. The molecule has 1 amide bonds. The average molecular weight is 337 g/mol. The Kier molecular flexibility index (Phi) is 8.01. The number of aliphatic hydroxyl groups excluding tert-OH is 1. The average Bonchev–Trinajstić information content (AvgIpc) is 2.60. The lowest BCUT2D eigenvalue weighted by molar-refractivity contribution is -0.163. The zero-order chi connectivity index (χ0) is 17.2. The second kappa shape index (κ2) is 10.3. The molecule has 1 aromatic carbocycles. The highest BCUT2D eigenvalue weighted by Crippen LogP contribution is 2.15. The molecule has 0 aromatic heterocycles. The summed E-state index contributed by atoms with van der Waals surface area (Å²) in [5, 5.41) is 11.9. The number of rotatable bonds is 9. The van der Waals surface area contributed by atoms with Gasteiger partial charge in [-0.15, -0.1) is 0 Å². The van der Waals surface area contributed by atoms with E-state index in [1.54, 1.807) is 25.1 Å². The van der Waals surface area contributed by atoms with Gasteiger partial charge in [-0.3, -0.25) is 4.79 Å². The van der Waals surface area contributed by atoms with Gasteiger partial charge in [0.1, 0.15) is 5.75 Å². The lowest BCUT2D eigenvalue weighted by atomic mass is 10.2. The van der Waals surface area contributed by atoms with Crippen LogP contribution in [-0.2, 0) is 9.47 Å². The molecule has 0 aliphatic carbocycles. The van der Waals surface area contributed by atoms with E-state index < -0.39 is 6.10 Å². The van der Waals surface area contributed by atoms with Crippen molar-refractivity contribution in [1.29, 1.82) is 0 Å². The van der Waals surface area contributed by atoms with Crippen LogP contribution in [0.4, 0.5) is 0 Å². The normalized spacial score (nSPS) is 18.8. The molecule has 0 bridgehead atoms. The first-order valence-corrected chi connectivity index (χ1v) is 8.57. The fraction of sp³-hybridized carbons (Fsp3) is 0.611. The summed E-state index contributed by atoms with van der Waals surface area (Å²) in [4.78, 5) is 11.9. The van der Waals surface area contributed by atoms with E-state index in [1.165, 1.54) is 0 Å². The number of ether oxygens (including phenoxy) is 3. The molecule has 0 unspecified atom stereocenters. The molecule has 2 N–H and O–H groups in total. The molecule has 24 heavy (non-hydrogen) atoms. The Morgan fingerprint density at radius 3 is 3.04 bits per heavy atom. The van der Waals surface area contributed by atoms with Crippen LogP contribution in [0, 0.1) is 0 Å². The van der Waals surface area contributed by atoms with Gasteiger partial charge in [0, 0.05) is 25.1 Å². The smallest absolute Gasteiger partial charge is 0.251 e. The molecular formula is C18H27NO5. The molecule has 0 radical (unpaired) electrons. The monoisotopic (exact) mass is 337 g/mol. The summed E-state index contributed by atoms with van der Waals surface area (Å²) in [5.74, 6) is 0.424. The van der Waals surface area contributed by atoms with Gasteiger partial charge in [-0.1, -0.05) is 6.07 Å². The first-order valence-electron chi connectivity index (χ1n) is 8.57. The maximum absolute atomic E-state index is 11.9. The molecular weight excluding hydrogens is 310 g/mol. The molecule has 2 rings (SSSR count). The highest BCUT2D eigenvalue weighted by molar-refractivity contribution is 5.94. The topological polar surface area (TPSA) is 77.0 Å². The zero-order valence-electron chi connectivity index (χ0n) is 14.2. The minimum absolute atomic E-state index is 0.0697. The van der Waals surface area contributed by atoms with Crippen LogP contribution in [0.5, 0.6) is 5.75 Å². The molecule has 6 heteroatoms. The van der Waals surface area contributed by atoms with E-state index in [2.05, 4.69) is 5.32 Å². The summed E-state index contributed by atoms with van der Waals surface area (Å²) >= 11 is 0. The number of carbonyl (C=O) groups excluding carboxylic acids is 1. The van der Waals surface area contributed by atoms with Gasteiger partial charge >= 0.3 is 0 Å². The fourth-order valence-electron chi connectivity index (χ4n) is 2.38. The highest BCUT2D eigenvalue weighted by atomic mass is 16.7. The summed E-state index contributed by atoms with van der Waals surface area (Å²) in [6.45, 7) is 3.75. The van der Waals surface area contributed by atoms with Crippen molar-refractivity contribution in [3.05, 3.63) is 29.8 Å². The van der Waals surface area contributed by atoms with Crippen molar-refractivity contribution in [3.8, 4) is 5.75 Å². The number of carbonyl (C=O) groups is 1. The Labute approximate surface area is 143 Å². The summed E-state index contributed by atoms with van der Waals surface area (Å²) in [6.07, 6.45) is 3.36. The summed E-state index contributed by atoms with van der Waals surface area (Å²) in [7, 11) is 0. The molecule has 1 fully saturated rings. The van der Waals surface area contributed by atoms with E-state index in [1.807, 2.05) is 6.07 Å². The fourth-order valence-corrected chi connectivity index (χ4v) is 2.38. The van der Waals surface area contributed by atoms with Crippen LogP contribution >= 0.6 is 0 Å². The number of aliphatic hydroxyl groups is 1. The van der Waals surface area contributed by atoms with Crippen molar-refractivity contribution in [3.63, 3.8) is 0 Å². The number of hydrogen-bond acceptors (Lipinski definition) is 5. The SMILES string of the molecule is C[C@H](O)CNC(=O)c1cccc(OCCCO[C@@H]2CCCCO2)c1. The summed E-state index contributed by atoms with van der Waals surface area (Å²) in [6, 6.07) is 7.01. The van der Waals surface area contributed by atoms with Crippen LogP contribution in [0.1, 0.15) is 43.0 Å². The lowest BCUT2D eigenvalue weighted by Gasteiger charge is -2.22. The molecule has 0 saturated carbocycles. The second-order valence-corrected chi connectivity index (χ2v) is 5.96. The molecule has 2 atom stereocenters. The van der Waals surface area contributed by atoms with Gasteiger partial charge in [-0.2, -0.15) is 0 Å². The Morgan fingerprint density at radius 1 is 1.42 bits per heavy atom. The predicted molar refractivity (Wildman–Crippen MR) is 90.1 cm³/mol. The van der Waals surface area contributed by atoms with E-state index in [4.69, 9.17) is 14.2 Å². The van der Waals surface area contributed by atoms with Gasteiger partial charge in [-0.05, 0) is 44.4 Å². The molecule has 0 spiro atoms. The Bertz CT molecular complexity index is 500. The van der Waals surface area contributed by atoms with E-state index in [9.17, 15) is 9.90 Å². The van der Waals surface area contributed by atoms with Crippen LogP contribution in [0.15, 0.2) is 24.3 Å². The quantitative estimate of drug-likeness (QED) is 0.675. The molecule has 1 aliphatic rings. The van der Waals surface area contributed by atoms with Gasteiger partial charge in [0.2, 0.25) is 0 Å². The minimum Gasteiger partial charge on any atom is -0.493 e. The molecule has 1 aliphatic heterocycles. The largest absolute Gasteiger partial charge is 0.493 e. The molecule has 134 valence electrons. The van der Waals surface area contributed by atoms with Crippen LogP contribution < -0.4 is 10.1 Å². The van der Waals surface area contributed by atoms with Gasteiger partial charge in [-0.25, -0.2) is 0 Å². The second-order valence-electron chi connectivity index (χ2n) is 5.96. The minimum atomic E-state index is -0.568. The first-order chi connectivity index (χ1) is 11.6. The van der Waals surface area contributed by atoms with Crippen molar-refractivity contribution in [2.75, 3.05) is 26.4 Å². The van der Waals surface area contributed by atoms with Gasteiger partial charge in [0.15, 0.2) is 6.29 Å². The van der Waals surface area contributed by atoms with Crippen LogP contribution in [0.2, 0.25) is 0 Å². The van der Waals surface area contributed by atoms with Crippen molar-refractivity contribution in [2.24, 2.45) is 0 Å². The van der Waals surface area contributed by atoms with E-state index in [-0.39, 0.29) is 18.7 Å². The first kappa shape index (κ1) is 18.7. The standard InChI is InChI=1S/C18H27NO5/c1-14(20)13-19-18(21)15-6-4-7-16(12-15)22-10-5-11-24-17-8-2-3-9-23-17/h4,6-7,12,14,17,20H,2-3,5,8-11,13H2,1H3,(H,19,21)/t14-,17+/m0/s1. The Morgan fingerprint density at radius 2 is 2.29 bits per heavy atom. The van der Waals surface area contributed by atoms with Gasteiger partial charge in [0.25, 0.3) is 5.91 Å². The third kappa shape index (κ3) is 6.86. The van der Waals surface area contributed by atoms with Gasteiger partial charge in [0.05, 0.1) is 19.3 Å². The summed E-state index contributed by atoms with van der Waals surface area (Å²) < 4.78 is 16.8. The number of benzene rings is 1. The molecule has 6 nitrogen and oxygen atoms in total. The van der Waals surface area contributed by atoms with Gasteiger partial charge < -0.3 is 24.6 Å². The number of amides is 1. The molecule has 1 saturated heterocycles. The zero-order valence-corrected chi connectivity index (χ0v) is 14.2. The van der Waals surface area contributed by atoms with Crippen molar-refractivity contribution in [1.82, 2.24) is 5.32 Å². The van der Waals surface area contributed by atoms with Crippen LogP contribution in [0.25, 0.3) is 0 Å². The third-order valence-electron chi connectivity index (χ3n) is 3.65. The van der Waals surface area contributed by atoms with Crippen molar-refractivity contribution in [2.45, 2.75) is 45.0 Å². The Hall–Kier alpha value is -1.63. The Balaban J connectivity index is 1.67. The van der Waals surface area contributed by atoms with E-state index in [0.29, 0.717) is 24.5 Å². The molecule has 1 heterocycles. The highest BCUT2D eigenvalue weighted by Gasteiger charge is 2.13. The predicted octanol–water partition coefficient (Wildman–Crippen LogP) is 2.11. The van der Waals surface area contributed by atoms with Crippen LogP contribution in [0.3, 0.4) is 0 Å². The molecule has 1 aromatic rings. The maximum Gasteiger partial charge on any atom is 0.251 e. The maximum atomic E-state index is 11.9. The third-order valence-corrected chi connectivity index (χ3v) is 3.65. The number of hydrogen-bond donors (Lipinski definition) is 2. The summed E-state index contributed by atoms with van der Waals surface area (Å²) in [5.41, 5.74) is 0.514. The van der Waals surface area contributed by atoms with E-state index >= 15 is 0 Å². The van der Waals surface area contributed by atoms with Crippen molar-refractivity contribution < 1.29 is 24.1 Å². The van der Waals surface area contributed by atoms with Crippen LogP contribution in [-0.4, -0.2) is 49.8 Å². The van der Waals surface area contributed by atoms with E-state index in [0.717, 1.165) is 32.3 Å². The number of nitrogens with one attached hydrogen (secondary N) is 1.